The lowest BCUT2D eigenvalue weighted by atomic mass is 10.2. The number of nitrogens with one attached hydrogen (secondary N) is 2. The van der Waals surface area contributed by atoms with Gasteiger partial charge >= 0.3 is 0 Å². The Bertz CT molecular complexity index is 774. The van der Waals surface area contributed by atoms with Crippen molar-refractivity contribution in [3.8, 4) is 11.5 Å². The number of methoxy groups -OCH3 is 1. The predicted molar refractivity (Wildman–Crippen MR) is 119 cm³/mol. The molecule has 0 bridgehead atoms. The maximum absolute atomic E-state index is 6.25. The van der Waals surface area contributed by atoms with E-state index in [2.05, 4.69) is 25.7 Å². The van der Waals surface area contributed by atoms with Crippen LogP contribution in [0.1, 0.15) is 37.1 Å². The zero-order valence-electron chi connectivity index (χ0n) is 16.6. The van der Waals surface area contributed by atoms with E-state index in [-0.39, 0.29) is 24.0 Å². The molecule has 2 N–H and O–H groups in total. The van der Waals surface area contributed by atoms with E-state index in [1.54, 1.807) is 18.8 Å². The molecule has 8 nitrogen and oxygen atoms in total. The van der Waals surface area contributed by atoms with Gasteiger partial charge in [0.1, 0.15) is 23.7 Å². The molecule has 1 aromatic carbocycles. The number of benzene rings is 1. The number of ether oxygens (including phenoxy) is 2. The van der Waals surface area contributed by atoms with E-state index in [1.807, 2.05) is 25.2 Å². The molecule has 0 aliphatic heterocycles. The smallest absolute Gasteiger partial charge is 0.191 e. The summed E-state index contributed by atoms with van der Waals surface area (Å²) in [6.45, 7) is 1.15. The van der Waals surface area contributed by atoms with Gasteiger partial charge in [-0.1, -0.05) is 0 Å². The van der Waals surface area contributed by atoms with Crippen LogP contribution in [0.25, 0.3) is 0 Å². The zero-order valence-corrected chi connectivity index (χ0v) is 19.0. The van der Waals surface area contributed by atoms with E-state index in [1.165, 1.54) is 19.2 Å². The molecule has 1 aliphatic rings. The zero-order chi connectivity index (χ0) is 19.1. The second-order valence-electron chi connectivity index (χ2n) is 6.58. The Morgan fingerprint density at radius 2 is 2.00 bits per heavy atom. The molecule has 2 aromatic rings. The number of guanidine groups is 1. The van der Waals surface area contributed by atoms with Gasteiger partial charge in [0.25, 0.3) is 0 Å². The number of hydrogen-bond donors (Lipinski definition) is 2. The van der Waals surface area contributed by atoms with Gasteiger partial charge in [0.05, 0.1) is 19.8 Å². The predicted octanol–water partition coefficient (Wildman–Crippen LogP) is 2.63. The fourth-order valence-corrected chi connectivity index (χ4v) is 3.15. The van der Waals surface area contributed by atoms with Crippen molar-refractivity contribution in [2.24, 2.45) is 12.0 Å². The van der Waals surface area contributed by atoms with Gasteiger partial charge in [-0.2, -0.15) is 5.10 Å². The number of rotatable bonds is 7. The Morgan fingerprint density at radius 3 is 2.64 bits per heavy atom. The van der Waals surface area contributed by atoms with E-state index in [0.717, 1.165) is 35.7 Å². The van der Waals surface area contributed by atoms with Crippen LogP contribution >= 0.6 is 24.0 Å². The number of nitrogens with zero attached hydrogens (tertiary/aromatic N) is 4. The summed E-state index contributed by atoms with van der Waals surface area (Å²) < 4.78 is 13.3. The van der Waals surface area contributed by atoms with Crippen molar-refractivity contribution < 1.29 is 9.47 Å². The monoisotopic (exact) mass is 500 g/mol. The van der Waals surface area contributed by atoms with Crippen LogP contribution in [0.5, 0.6) is 11.5 Å². The van der Waals surface area contributed by atoms with Gasteiger partial charge in [-0.25, -0.2) is 4.98 Å². The summed E-state index contributed by atoms with van der Waals surface area (Å²) in [6.07, 6.45) is 6.54. The third-order valence-electron chi connectivity index (χ3n) is 4.76. The van der Waals surface area contributed by atoms with Gasteiger partial charge in [-0.3, -0.25) is 9.67 Å². The highest BCUT2D eigenvalue weighted by molar-refractivity contribution is 14.0. The maximum Gasteiger partial charge on any atom is 0.191 e. The number of halogens is 1. The molecule has 1 aromatic heterocycles. The summed E-state index contributed by atoms with van der Waals surface area (Å²) in [5.74, 6) is 3.21. The molecule has 0 spiro atoms. The Labute approximate surface area is 183 Å². The third-order valence-corrected chi connectivity index (χ3v) is 4.76. The average Bonchev–Trinajstić information content (AvgIpc) is 3.34. The third kappa shape index (κ3) is 5.98. The van der Waals surface area contributed by atoms with Gasteiger partial charge in [0, 0.05) is 32.3 Å². The molecule has 9 heteroatoms. The number of aryl methyl sites for hydroxylation is 1. The highest BCUT2D eigenvalue weighted by Gasteiger charge is 2.18. The number of hydrogen-bond acceptors (Lipinski definition) is 5. The fraction of sp³-hybridized carbons (Fsp3) is 0.526. The standard InChI is InChI=1S/C19H28N6O2.HI/c1-20-19(22-12-18-23-13-24-25(18)2)21-11-14-8-9-16(26-3)10-17(14)27-15-6-4-5-7-15;/h8-10,13,15H,4-7,11-12H2,1-3H3,(H2,20,21,22);1H. The highest BCUT2D eigenvalue weighted by atomic mass is 127. The number of aromatic nitrogens is 3. The van der Waals surface area contributed by atoms with Crippen molar-refractivity contribution in [2.45, 2.75) is 44.9 Å². The normalized spacial score (nSPS) is 14.5. The first kappa shape index (κ1) is 22.3. The summed E-state index contributed by atoms with van der Waals surface area (Å²) >= 11 is 0. The lowest BCUT2D eigenvalue weighted by Crippen LogP contribution is -2.37. The van der Waals surface area contributed by atoms with Crippen molar-refractivity contribution in [1.29, 1.82) is 0 Å². The van der Waals surface area contributed by atoms with Gasteiger partial charge in [-0.15, -0.1) is 24.0 Å². The molecular formula is C19H29IN6O2. The summed E-state index contributed by atoms with van der Waals surface area (Å²) in [7, 11) is 5.28. The molecule has 1 aliphatic carbocycles. The van der Waals surface area contributed by atoms with Gasteiger partial charge in [0.15, 0.2) is 5.96 Å². The number of aliphatic imine (C=N–C) groups is 1. The van der Waals surface area contributed by atoms with Crippen molar-refractivity contribution in [1.82, 2.24) is 25.4 Å². The van der Waals surface area contributed by atoms with Gasteiger partial charge < -0.3 is 20.1 Å². The first-order valence-electron chi connectivity index (χ1n) is 9.30. The van der Waals surface area contributed by atoms with Crippen LogP contribution in [0.2, 0.25) is 0 Å². The van der Waals surface area contributed by atoms with Crippen LogP contribution in [0.4, 0.5) is 0 Å². The molecule has 0 atom stereocenters. The second kappa shape index (κ2) is 11.1. The summed E-state index contributed by atoms with van der Waals surface area (Å²) in [5, 5.41) is 10.6. The van der Waals surface area contributed by atoms with Crippen LogP contribution in [0, 0.1) is 0 Å². The molecule has 28 heavy (non-hydrogen) atoms. The van der Waals surface area contributed by atoms with E-state index in [0.29, 0.717) is 25.2 Å². The van der Waals surface area contributed by atoms with E-state index in [4.69, 9.17) is 9.47 Å². The lowest BCUT2D eigenvalue weighted by Gasteiger charge is -2.18. The first-order valence-corrected chi connectivity index (χ1v) is 9.30. The van der Waals surface area contributed by atoms with Crippen LogP contribution in [-0.4, -0.2) is 41.0 Å². The van der Waals surface area contributed by atoms with E-state index >= 15 is 0 Å². The molecule has 3 rings (SSSR count). The second-order valence-corrected chi connectivity index (χ2v) is 6.58. The molecular weight excluding hydrogens is 471 g/mol. The van der Waals surface area contributed by atoms with Gasteiger partial charge in [-0.05, 0) is 37.8 Å². The van der Waals surface area contributed by atoms with E-state index < -0.39 is 0 Å². The maximum atomic E-state index is 6.25. The van der Waals surface area contributed by atoms with Crippen molar-refractivity contribution in [2.75, 3.05) is 14.2 Å². The SMILES string of the molecule is CN=C(NCc1ccc(OC)cc1OC1CCCC1)NCc1ncnn1C.I. The lowest BCUT2D eigenvalue weighted by molar-refractivity contribution is 0.207. The highest BCUT2D eigenvalue weighted by Crippen LogP contribution is 2.29. The molecule has 154 valence electrons. The van der Waals surface area contributed by atoms with Crippen LogP contribution in [0.15, 0.2) is 29.5 Å². The van der Waals surface area contributed by atoms with Crippen LogP contribution < -0.4 is 20.1 Å². The van der Waals surface area contributed by atoms with E-state index in [9.17, 15) is 0 Å². The minimum atomic E-state index is 0. The molecule has 0 radical (unpaired) electrons. The summed E-state index contributed by atoms with van der Waals surface area (Å²) in [5.41, 5.74) is 1.07. The largest absolute Gasteiger partial charge is 0.497 e. The molecule has 0 unspecified atom stereocenters. The summed E-state index contributed by atoms with van der Waals surface area (Å²) in [6, 6.07) is 5.95. The minimum absolute atomic E-state index is 0. The Hall–Kier alpha value is -2.04. The Morgan fingerprint density at radius 1 is 1.25 bits per heavy atom. The average molecular weight is 500 g/mol. The Kier molecular flexibility index (Phi) is 8.81. The van der Waals surface area contributed by atoms with Crippen molar-refractivity contribution >= 4 is 29.9 Å². The molecule has 0 saturated heterocycles. The molecule has 1 fully saturated rings. The molecule has 1 saturated carbocycles. The quantitative estimate of drug-likeness (QED) is 0.346. The fourth-order valence-electron chi connectivity index (χ4n) is 3.15. The van der Waals surface area contributed by atoms with Crippen LogP contribution in [-0.2, 0) is 20.1 Å². The molecule has 1 heterocycles. The first-order chi connectivity index (χ1) is 13.2. The summed E-state index contributed by atoms with van der Waals surface area (Å²) in [4.78, 5) is 8.47. The van der Waals surface area contributed by atoms with Crippen LogP contribution in [0.3, 0.4) is 0 Å². The van der Waals surface area contributed by atoms with Gasteiger partial charge in [0.2, 0.25) is 0 Å². The molecule has 0 amide bonds. The van der Waals surface area contributed by atoms with Crippen molar-refractivity contribution in [3.63, 3.8) is 0 Å². The van der Waals surface area contributed by atoms with Crippen molar-refractivity contribution in [3.05, 3.63) is 35.9 Å². The Balaban J connectivity index is 0.00000280. The minimum Gasteiger partial charge on any atom is -0.497 e. The topological polar surface area (TPSA) is 85.6 Å².